The fourth-order valence-electron chi connectivity index (χ4n) is 3.60. The third kappa shape index (κ3) is 6.72. The number of hydrogen-bond acceptors (Lipinski definition) is 7. The van der Waals surface area contributed by atoms with Crippen LogP contribution in [0.1, 0.15) is 30.0 Å². The molecule has 3 aromatic rings. The first-order valence-corrected chi connectivity index (χ1v) is 11.8. The van der Waals surface area contributed by atoms with Crippen LogP contribution in [0.4, 0.5) is 5.69 Å². The molecule has 1 aliphatic heterocycles. The number of nitrogens with one attached hydrogen (secondary N) is 4. The van der Waals surface area contributed by atoms with E-state index in [1.54, 1.807) is 30.3 Å². The summed E-state index contributed by atoms with van der Waals surface area (Å²) in [6.07, 6.45) is 1.43. The van der Waals surface area contributed by atoms with Gasteiger partial charge in [-0.3, -0.25) is 9.59 Å². The number of carbonyl (C=O) groups is 2. The molecule has 9 nitrogen and oxygen atoms in total. The van der Waals surface area contributed by atoms with Crippen LogP contribution in [0, 0.1) is 5.53 Å². The molecule has 1 aliphatic rings. The van der Waals surface area contributed by atoms with E-state index in [2.05, 4.69) is 21.4 Å². The fourth-order valence-corrected chi connectivity index (χ4v) is 4.33. The van der Waals surface area contributed by atoms with Crippen LogP contribution >= 0.6 is 23.6 Å². The monoisotopic (exact) mass is 511 g/mol. The number of nitrogens with zero attached hydrogens (tertiary/aromatic N) is 1. The minimum absolute atomic E-state index is 0.0180. The molecule has 3 aromatic carbocycles. The second-order valence-corrected chi connectivity index (χ2v) is 8.86. The van der Waals surface area contributed by atoms with Crippen molar-refractivity contribution in [2.75, 3.05) is 5.32 Å². The van der Waals surface area contributed by atoms with E-state index < -0.39 is 0 Å². The Bertz CT molecular complexity index is 1220. The maximum Gasteiger partial charge on any atom is 0.228 e. The molecule has 4 rings (SSSR count). The predicted octanol–water partition coefficient (Wildman–Crippen LogP) is 5.74. The van der Waals surface area contributed by atoms with Gasteiger partial charge in [0.2, 0.25) is 11.8 Å². The minimum Gasteiger partial charge on any atom is -0.456 e. The Morgan fingerprint density at radius 3 is 2.69 bits per heavy atom. The highest BCUT2D eigenvalue weighted by Crippen LogP contribution is 2.36. The summed E-state index contributed by atoms with van der Waals surface area (Å²) in [5.74, 6) is 0.906. The van der Waals surface area contributed by atoms with Gasteiger partial charge in [0.15, 0.2) is 0 Å². The second kappa shape index (κ2) is 11.7. The van der Waals surface area contributed by atoms with E-state index >= 15 is 0 Å². The molecule has 0 aliphatic carbocycles. The lowest BCUT2D eigenvalue weighted by atomic mass is 10.1. The van der Waals surface area contributed by atoms with Gasteiger partial charge in [0.05, 0.1) is 29.4 Å². The lowest BCUT2D eigenvalue weighted by Gasteiger charge is -2.14. The normalized spacial score (nSPS) is 14.8. The van der Waals surface area contributed by atoms with Crippen molar-refractivity contribution in [3.05, 3.63) is 82.9 Å². The zero-order valence-electron chi connectivity index (χ0n) is 18.4. The first-order chi connectivity index (χ1) is 17.0. The number of ether oxygens (including phenoxy) is 1. The van der Waals surface area contributed by atoms with Crippen molar-refractivity contribution in [1.29, 1.82) is 5.53 Å². The number of amides is 2. The van der Waals surface area contributed by atoms with Crippen LogP contribution in [0.5, 0.6) is 11.5 Å². The minimum atomic E-state index is -0.225. The van der Waals surface area contributed by atoms with Crippen LogP contribution in [0.3, 0.4) is 0 Å². The van der Waals surface area contributed by atoms with E-state index in [0.717, 1.165) is 29.6 Å². The Hall–Kier alpha value is -3.60. The molecular weight excluding hydrogens is 490 g/mol. The molecule has 35 heavy (non-hydrogen) atoms. The molecule has 1 saturated heterocycles. The number of halogens is 1. The van der Waals surface area contributed by atoms with Crippen molar-refractivity contribution >= 4 is 41.1 Å². The predicted molar refractivity (Wildman–Crippen MR) is 132 cm³/mol. The summed E-state index contributed by atoms with van der Waals surface area (Å²) < 4.78 is 11.1. The lowest BCUT2D eigenvalue weighted by Crippen LogP contribution is -2.18. The number of anilines is 1. The quantitative estimate of drug-likeness (QED) is 0.119. The second-order valence-electron chi connectivity index (χ2n) is 7.68. The van der Waals surface area contributed by atoms with Gasteiger partial charge >= 0.3 is 0 Å². The van der Waals surface area contributed by atoms with Crippen molar-refractivity contribution in [2.45, 2.75) is 30.2 Å². The summed E-state index contributed by atoms with van der Waals surface area (Å²) in [4.78, 5) is 24.5. The highest BCUT2D eigenvalue weighted by atomic mass is 35.5. The van der Waals surface area contributed by atoms with E-state index in [0.29, 0.717) is 33.5 Å². The molecule has 1 atom stereocenters. The van der Waals surface area contributed by atoms with Gasteiger partial charge < -0.3 is 15.4 Å². The molecule has 1 heterocycles. The molecule has 4 N–H and O–H groups in total. The number of carbonyl (C=O) groups excluding carboxylic acids is 2. The molecule has 180 valence electrons. The van der Waals surface area contributed by atoms with Crippen LogP contribution in [0.2, 0.25) is 5.02 Å². The average molecular weight is 512 g/mol. The highest BCUT2D eigenvalue weighted by molar-refractivity contribution is 7.94. The summed E-state index contributed by atoms with van der Waals surface area (Å²) in [6.45, 7) is 0. The van der Waals surface area contributed by atoms with Crippen molar-refractivity contribution in [2.24, 2.45) is 5.22 Å². The fraction of sp³-hybridized carbons (Fsp3) is 0.167. The molecule has 0 saturated carbocycles. The third-order valence-electron chi connectivity index (χ3n) is 5.26. The van der Waals surface area contributed by atoms with Gasteiger partial charge in [-0.15, -0.1) is 0 Å². The topological polar surface area (TPSA) is 125 Å². The van der Waals surface area contributed by atoms with Gasteiger partial charge in [-0.1, -0.05) is 47.2 Å². The van der Waals surface area contributed by atoms with Gasteiger partial charge in [-0.05, 0) is 53.9 Å². The van der Waals surface area contributed by atoms with Gasteiger partial charge in [0.25, 0.3) is 0 Å². The molecule has 1 unspecified atom stereocenters. The molecule has 1 fully saturated rings. The van der Waals surface area contributed by atoms with E-state index in [1.807, 2.05) is 36.4 Å². The Morgan fingerprint density at radius 1 is 1.17 bits per heavy atom. The Balaban J connectivity index is 1.46. The zero-order valence-corrected chi connectivity index (χ0v) is 20.0. The van der Waals surface area contributed by atoms with E-state index in [1.165, 1.54) is 0 Å². The molecule has 0 radical (unpaired) electrons. The van der Waals surface area contributed by atoms with Crippen molar-refractivity contribution in [3.8, 4) is 11.5 Å². The summed E-state index contributed by atoms with van der Waals surface area (Å²) in [5.41, 5.74) is 11.2. The highest BCUT2D eigenvalue weighted by Gasteiger charge is 2.22. The van der Waals surface area contributed by atoms with Crippen molar-refractivity contribution in [3.63, 3.8) is 0 Å². The molecule has 0 bridgehead atoms. The van der Waals surface area contributed by atoms with Crippen LogP contribution in [0.25, 0.3) is 0 Å². The molecule has 11 heteroatoms. The van der Waals surface area contributed by atoms with Gasteiger partial charge in [0, 0.05) is 17.1 Å². The van der Waals surface area contributed by atoms with E-state index in [9.17, 15) is 9.59 Å². The summed E-state index contributed by atoms with van der Waals surface area (Å²) in [6, 6.07) is 19.8. The Morgan fingerprint density at radius 2 is 1.97 bits per heavy atom. The maximum atomic E-state index is 12.5. The maximum absolute atomic E-state index is 12.5. The van der Waals surface area contributed by atoms with Gasteiger partial charge in [-0.2, -0.15) is 15.4 Å². The Kier molecular flexibility index (Phi) is 8.19. The smallest absolute Gasteiger partial charge is 0.228 e. The lowest BCUT2D eigenvalue weighted by molar-refractivity contribution is -0.119. The van der Waals surface area contributed by atoms with Crippen molar-refractivity contribution < 1.29 is 18.6 Å². The summed E-state index contributed by atoms with van der Waals surface area (Å²) >= 11 is 7.04. The van der Waals surface area contributed by atoms with Gasteiger partial charge in [0.1, 0.15) is 11.5 Å². The van der Waals surface area contributed by atoms with Crippen LogP contribution in [0.15, 0.2) is 76.8 Å². The van der Waals surface area contributed by atoms with Gasteiger partial charge in [-0.25, -0.2) is 0 Å². The summed E-state index contributed by atoms with van der Waals surface area (Å²) in [7, 11) is 0. The molecule has 2 amide bonds. The zero-order chi connectivity index (χ0) is 24.6. The number of benzene rings is 3. The Labute approximate surface area is 211 Å². The number of rotatable bonds is 10. The largest absolute Gasteiger partial charge is 0.456 e. The first kappa shape index (κ1) is 24.5. The van der Waals surface area contributed by atoms with Crippen LogP contribution in [-0.2, 0) is 20.3 Å². The average Bonchev–Trinajstić information content (AvgIpc) is 3.29. The van der Waals surface area contributed by atoms with Crippen LogP contribution < -0.4 is 21.0 Å². The molecular formula is C24H22ClN5O4S. The van der Waals surface area contributed by atoms with Crippen LogP contribution in [-0.4, -0.2) is 11.8 Å². The van der Waals surface area contributed by atoms with Crippen molar-refractivity contribution in [1.82, 2.24) is 10.9 Å². The number of hydrogen-bond donors (Lipinski definition) is 4. The first-order valence-electron chi connectivity index (χ1n) is 10.7. The van der Waals surface area contributed by atoms with E-state index in [-0.39, 0.29) is 24.3 Å². The molecule has 0 aromatic heterocycles. The summed E-state index contributed by atoms with van der Waals surface area (Å²) in [5, 5.41) is 9.27. The standard InChI is InChI=1S/C24H22ClN5O4S/c25-19-4-2-1-3-16(19)13-24(32)27-17-7-11-21(22(14-17)35-34-30-29-26)33-18-8-5-15(6-9-18)20-10-12-23(31)28-20/h1-9,11,14,20H,10,12-13H2,(H2,26,30)(H,27,32)(H,28,31). The third-order valence-corrected chi connectivity index (χ3v) is 6.28. The SMILES string of the molecule is N=NNOSc1cc(NC(=O)Cc2ccccc2Cl)ccc1Oc1ccc(C2CCC(=O)N2)cc1. The van der Waals surface area contributed by atoms with E-state index in [4.69, 9.17) is 26.2 Å². The molecule has 0 spiro atoms.